The van der Waals surface area contributed by atoms with Gasteiger partial charge in [0.2, 0.25) is 0 Å². The summed E-state index contributed by atoms with van der Waals surface area (Å²) in [5.41, 5.74) is 0. The van der Waals surface area contributed by atoms with Crippen LogP contribution in [0.25, 0.3) is 0 Å². The first-order valence-corrected chi connectivity index (χ1v) is 3.65. The lowest BCUT2D eigenvalue weighted by Gasteiger charge is -1.89. The molecular weight excluding hydrogens is 192 g/mol. The van der Waals surface area contributed by atoms with Gasteiger partial charge < -0.3 is 20.4 Å². The number of carboxylic acid groups (broad SMARTS) is 2. The molecule has 0 fully saturated rings. The van der Waals surface area contributed by atoms with Crippen LogP contribution in [0.4, 0.5) is 0 Å². The number of aliphatic hydroxyl groups is 2. The molecule has 0 aromatic heterocycles. The maximum absolute atomic E-state index is 9.45. The fourth-order valence-corrected chi connectivity index (χ4v) is 0.0956. The molecule has 0 rings (SSSR count). The van der Waals surface area contributed by atoms with Crippen molar-refractivity contribution in [1.82, 2.24) is 0 Å². The van der Waals surface area contributed by atoms with Gasteiger partial charge in [-0.25, -0.2) is 4.79 Å². The molecule has 84 valence electrons. The molecule has 0 aliphatic rings. The minimum Gasteiger partial charge on any atom is -0.481 e. The highest BCUT2D eigenvalue weighted by atomic mass is 16.4. The van der Waals surface area contributed by atoms with Gasteiger partial charge in [-0.15, -0.1) is 13.2 Å². The van der Waals surface area contributed by atoms with Gasteiger partial charge in [0.1, 0.15) is 6.10 Å². The molecule has 0 spiro atoms. The van der Waals surface area contributed by atoms with Crippen molar-refractivity contribution in [3.63, 3.8) is 0 Å². The Kier molecular flexibility index (Phi) is 18.6. The minimum atomic E-state index is -1.23. The molecule has 6 heteroatoms. The van der Waals surface area contributed by atoms with Gasteiger partial charge in [0.15, 0.2) is 0 Å². The largest absolute Gasteiger partial charge is 0.481 e. The van der Waals surface area contributed by atoms with E-state index in [4.69, 9.17) is 20.4 Å². The molecule has 0 saturated carbocycles. The van der Waals surface area contributed by atoms with Crippen molar-refractivity contribution < 1.29 is 30.0 Å². The average molecular weight is 208 g/mol. The lowest BCUT2D eigenvalue weighted by atomic mass is 10.4. The third-order valence-electron chi connectivity index (χ3n) is 0.683. The summed E-state index contributed by atoms with van der Waals surface area (Å²) in [6, 6.07) is 0. The Morgan fingerprint density at radius 1 is 1.29 bits per heavy atom. The maximum Gasteiger partial charge on any atom is 0.332 e. The molecule has 0 bridgehead atoms. The van der Waals surface area contributed by atoms with Gasteiger partial charge in [-0.05, 0) is 6.92 Å². The van der Waals surface area contributed by atoms with Crippen LogP contribution in [-0.2, 0) is 9.59 Å². The fraction of sp³-hybridized carbons (Fsp3) is 0.500. The first-order chi connectivity index (χ1) is 6.41. The highest BCUT2D eigenvalue weighted by Crippen LogP contribution is 1.73. The van der Waals surface area contributed by atoms with E-state index in [1.165, 1.54) is 6.92 Å². The van der Waals surface area contributed by atoms with Crippen molar-refractivity contribution in [2.24, 2.45) is 0 Å². The van der Waals surface area contributed by atoms with Crippen LogP contribution in [0.3, 0.4) is 0 Å². The summed E-state index contributed by atoms with van der Waals surface area (Å²) >= 11 is 0. The Bertz CT molecular complexity index is 154. The summed E-state index contributed by atoms with van der Waals surface area (Å²) in [5.74, 6) is -2.15. The topological polar surface area (TPSA) is 115 Å². The number of aliphatic carboxylic acids is 2. The summed E-state index contributed by atoms with van der Waals surface area (Å²) in [7, 11) is 0. The zero-order chi connectivity index (χ0) is 12.1. The molecule has 6 nitrogen and oxygen atoms in total. The van der Waals surface area contributed by atoms with Gasteiger partial charge in [-0.3, -0.25) is 4.79 Å². The monoisotopic (exact) mass is 208 g/mol. The Hall–Kier alpha value is -1.40. The third-order valence-corrected chi connectivity index (χ3v) is 0.683. The van der Waals surface area contributed by atoms with Crippen molar-refractivity contribution >= 4 is 11.9 Å². The molecule has 1 atom stereocenters. The number of hydrogen-bond donors (Lipinski definition) is 4. The summed E-state index contributed by atoms with van der Waals surface area (Å²) in [4.78, 5) is 18.9. The second-order valence-electron chi connectivity index (χ2n) is 1.88. The minimum absolute atomic E-state index is 0.153. The number of aliphatic hydroxyl groups excluding tert-OH is 2. The van der Waals surface area contributed by atoms with E-state index in [9.17, 15) is 9.59 Å². The molecule has 0 radical (unpaired) electrons. The summed E-state index contributed by atoms with van der Waals surface area (Å²) in [6.07, 6.45) is -1.38. The first-order valence-electron chi connectivity index (χ1n) is 3.65. The van der Waals surface area contributed by atoms with E-state index in [2.05, 4.69) is 13.2 Å². The molecule has 0 heterocycles. The van der Waals surface area contributed by atoms with Crippen molar-refractivity contribution in [3.05, 3.63) is 13.2 Å². The second kappa shape index (κ2) is 14.1. The smallest absolute Gasteiger partial charge is 0.332 e. The Morgan fingerprint density at radius 3 is 1.57 bits per heavy atom. The SMILES string of the molecule is C=C.CC(O)C(=O)O.O=C(O)CCO. The van der Waals surface area contributed by atoms with Gasteiger partial charge in [0.25, 0.3) is 0 Å². The van der Waals surface area contributed by atoms with E-state index in [1.54, 1.807) is 0 Å². The predicted molar refractivity (Wildman–Crippen MR) is 49.9 cm³/mol. The normalized spacial score (nSPS) is 9.64. The van der Waals surface area contributed by atoms with Crippen molar-refractivity contribution in [1.29, 1.82) is 0 Å². The standard InChI is InChI=1S/2C3H6O3.C2H4/c1-2(4)3(5)6;4-2-1-3(5)6;1-2/h2,4H,1H3,(H,5,6);4H,1-2H2,(H,5,6);1-2H2. The van der Waals surface area contributed by atoms with Gasteiger partial charge >= 0.3 is 11.9 Å². The molecule has 14 heavy (non-hydrogen) atoms. The van der Waals surface area contributed by atoms with Gasteiger partial charge in [-0.2, -0.15) is 0 Å². The van der Waals surface area contributed by atoms with Gasteiger partial charge in [0.05, 0.1) is 13.0 Å². The summed E-state index contributed by atoms with van der Waals surface area (Å²) in [6.45, 7) is 6.93. The van der Waals surface area contributed by atoms with Crippen molar-refractivity contribution in [2.45, 2.75) is 19.4 Å². The molecular formula is C8H16O6. The van der Waals surface area contributed by atoms with Crippen LogP contribution in [0, 0.1) is 0 Å². The summed E-state index contributed by atoms with van der Waals surface area (Å²) in [5, 5.41) is 31.4. The summed E-state index contributed by atoms with van der Waals surface area (Å²) < 4.78 is 0. The van der Waals surface area contributed by atoms with Crippen LogP contribution in [0.15, 0.2) is 13.2 Å². The van der Waals surface area contributed by atoms with E-state index in [-0.39, 0.29) is 13.0 Å². The quantitative estimate of drug-likeness (QED) is 0.473. The Balaban J connectivity index is -0.000000147. The van der Waals surface area contributed by atoms with Crippen molar-refractivity contribution in [3.8, 4) is 0 Å². The van der Waals surface area contributed by atoms with Gasteiger partial charge in [-0.1, -0.05) is 0 Å². The predicted octanol–water partition coefficient (Wildman–Crippen LogP) is -0.293. The average Bonchev–Trinajstić information content (AvgIpc) is 2.08. The number of carboxylic acids is 2. The van der Waals surface area contributed by atoms with Gasteiger partial charge in [0, 0.05) is 0 Å². The van der Waals surface area contributed by atoms with Crippen LogP contribution < -0.4 is 0 Å². The highest BCUT2D eigenvalue weighted by molar-refractivity contribution is 5.71. The second-order valence-corrected chi connectivity index (χ2v) is 1.88. The maximum atomic E-state index is 9.45. The molecule has 0 aliphatic carbocycles. The zero-order valence-electron chi connectivity index (χ0n) is 8.01. The van der Waals surface area contributed by atoms with E-state index < -0.39 is 18.0 Å². The zero-order valence-corrected chi connectivity index (χ0v) is 8.01. The number of hydrogen-bond acceptors (Lipinski definition) is 4. The molecule has 0 saturated heterocycles. The lowest BCUT2D eigenvalue weighted by Crippen LogP contribution is -2.13. The number of rotatable bonds is 3. The third kappa shape index (κ3) is 31.2. The lowest BCUT2D eigenvalue weighted by molar-refractivity contribution is -0.145. The highest BCUT2D eigenvalue weighted by Gasteiger charge is 2.01. The van der Waals surface area contributed by atoms with E-state index in [1.807, 2.05) is 0 Å². The van der Waals surface area contributed by atoms with E-state index >= 15 is 0 Å². The van der Waals surface area contributed by atoms with Crippen LogP contribution in [0.2, 0.25) is 0 Å². The number of carbonyl (C=O) groups is 2. The fourth-order valence-electron chi connectivity index (χ4n) is 0.0956. The molecule has 4 N–H and O–H groups in total. The van der Waals surface area contributed by atoms with Crippen LogP contribution in [0.1, 0.15) is 13.3 Å². The first kappa shape index (κ1) is 18.4. The molecule has 0 aliphatic heterocycles. The molecule has 1 unspecified atom stereocenters. The van der Waals surface area contributed by atoms with Crippen LogP contribution in [-0.4, -0.2) is 45.1 Å². The van der Waals surface area contributed by atoms with Crippen molar-refractivity contribution in [2.75, 3.05) is 6.61 Å². The Labute approximate surface area is 82.1 Å². The van der Waals surface area contributed by atoms with E-state index in [0.717, 1.165) is 0 Å². The Morgan fingerprint density at radius 2 is 1.57 bits per heavy atom. The molecule has 0 aromatic carbocycles. The van der Waals surface area contributed by atoms with Crippen LogP contribution in [0.5, 0.6) is 0 Å². The van der Waals surface area contributed by atoms with E-state index in [0.29, 0.717) is 0 Å². The molecule has 0 aromatic rings. The van der Waals surface area contributed by atoms with Crippen LogP contribution >= 0.6 is 0 Å². The molecule has 0 amide bonds.